The molecule has 1 aromatic carbocycles. The summed E-state index contributed by atoms with van der Waals surface area (Å²) >= 11 is 0. The van der Waals surface area contributed by atoms with Crippen LogP contribution in [-0.2, 0) is 0 Å². The molecular formula is C16H23N3. The van der Waals surface area contributed by atoms with Crippen molar-refractivity contribution in [1.29, 1.82) is 5.26 Å². The van der Waals surface area contributed by atoms with E-state index in [1.54, 1.807) is 0 Å². The molecule has 1 aliphatic rings. The van der Waals surface area contributed by atoms with Gasteiger partial charge in [0.25, 0.3) is 0 Å². The SMILES string of the molecule is CC(NC1CCCN(C)CC1)c1ccc(C#N)cc1. The third-order valence-electron chi connectivity index (χ3n) is 3.98. The van der Waals surface area contributed by atoms with E-state index in [0.717, 1.165) is 5.56 Å². The first kappa shape index (κ1) is 14.0. The van der Waals surface area contributed by atoms with E-state index in [-0.39, 0.29) is 0 Å². The van der Waals surface area contributed by atoms with E-state index >= 15 is 0 Å². The van der Waals surface area contributed by atoms with E-state index in [1.807, 2.05) is 12.1 Å². The monoisotopic (exact) mass is 257 g/mol. The zero-order chi connectivity index (χ0) is 13.7. The van der Waals surface area contributed by atoms with Crippen molar-refractivity contribution < 1.29 is 0 Å². The van der Waals surface area contributed by atoms with Crippen molar-refractivity contribution >= 4 is 0 Å². The van der Waals surface area contributed by atoms with Crippen molar-refractivity contribution in [1.82, 2.24) is 10.2 Å². The van der Waals surface area contributed by atoms with Gasteiger partial charge in [-0.3, -0.25) is 0 Å². The Balaban J connectivity index is 1.92. The Morgan fingerprint density at radius 3 is 2.68 bits per heavy atom. The highest BCUT2D eigenvalue weighted by atomic mass is 15.1. The van der Waals surface area contributed by atoms with Gasteiger partial charge < -0.3 is 10.2 Å². The summed E-state index contributed by atoms with van der Waals surface area (Å²) in [4.78, 5) is 2.41. The average molecular weight is 257 g/mol. The van der Waals surface area contributed by atoms with Gasteiger partial charge in [0.05, 0.1) is 11.6 Å². The summed E-state index contributed by atoms with van der Waals surface area (Å²) in [5, 5.41) is 12.5. The van der Waals surface area contributed by atoms with Gasteiger partial charge in [-0.05, 0) is 64.0 Å². The minimum absolute atomic E-state index is 0.348. The molecule has 0 aromatic heterocycles. The highest BCUT2D eigenvalue weighted by Crippen LogP contribution is 2.17. The third kappa shape index (κ3) is 4.05. The Hall–Kier alpha value is -1.37. The number of likely N-dealkylation sites (tertiary alicyclic amines) is 1. The zero-order valence-electron chi connectivity index (χ0n) is 11.9. The fraction of sp³-hybridized carbons (Fsp3) is 0.562. The highest BCUT2D eigenvalue weighted by molar-refractivity contribution is 5.32. The first-order valence-corrected chi connectivity index (χ1v) is 7.13. The summed E-state index contributed by atoms with van der Waals surface area (Å²) in [6.07, 6.45) is 3.75. The van der Waals surface area contributed by atoms with E-state index in [1.165, 1.54) is 37.9 Å². The molecule has 0 radical (unpaired) electrons. The Kier molecular flexibility index (Phi) is 4.95. The number of rotatable bonds is 3. The standard InChI is InChI=1S/C16H23N3/c1-13(15-7-5-14(12-17)6-8-15)18-16-4-3-10-19(2)11-9-16/h5-8,13,16,18H,3-4,9-11H2,1-2H3. The molecule has 0 saturated carbocycles. The molecule has 3 nitrogen and oxygen atoms in total. The van der Waals surface area contributed by atoms with Crippen LogP contribution in [0.15, 0.2) is 24.3 Å². The number of nitriles is 1. The van der Waals surface area contributed by atoms with Gasteiger partial charge in [-0.1, -0.05) is 12.1 Å². The fourth-order valence-electron chi connectivity index (χ4n) is 2.70. The molecule has 2 rings (SSSR count). The predicted octanol–water partition coefficient (Wildman–Crippen LogP) is 2.69. The van der Waals surface area contributed by atoms with E-state index < -0.39 is 0 Å². The molecule has 102 valence electrons. The molecule has 0 amide bonds. The lowest BCUT2D eigenvalue weighted by molar-refractivity contribution is 0.340. The van der Waals surface area contributed by atoms with Gasteiger partial charge in [0, 0.05) is 12.1 Å². The van der Waals surface area contributed by atoms with E-state index in [0.29, 0.717) is 12.1 Å². The first-order valence-electron chi connectivity index (χ1n) is 7.13. The molecule has 2 atom stereocenters. The molecule has 1 saturated heterocycles. The van der Waals surface area contributed by atoms with Crippen molar-refractivity contribution in [3.63, 3.8) is 0 Å². The summed E-state index contributed by atoms with van der Waals surface area (Å²) < 4.78 is 0. The lowest BCUT2D eigenvalue weighted by Crippen LogP contribution is -2.32. The fourth-order valence-corrected chi connectivity index (χ4v) is 2.70. The van der Waals surface area contributed by atoms with Crippen LogP contribution in [0.5, 0.6) is 0 Å². The van der Waals surface area contributed by atoms with E-state index in [9.17, 15) is 0 Å². The second kappa shape index (κ2) is 6.70. The van der Waals surface area contributed by atoms with Crippen LogP contribution in [0, 0.1) is 11.3 Å². The largest absolute Gasteiger partial charge is 0.307 e. The van der Waals surface area contributed by atoms with Gasteiger partial charge in [-0.15, -0.1) is 0 Å². The molecule has 2 unspecified atom stereocenters. The number of nitrogens with one attached hydrogen (secondary N) is 1. The van der Waals surface area contributed by atoms with Crippen LogP contribution in [0.25, 0.3) is 0 Å². The molecule has 0 bridgehead atoms. The van der Waals surface area contributed by atoms with Gasteiger partial charge in [-0.2, -0.15) is 5.26 Å². The van der Waals surface area contributed by atoms with E-state index in [4.69, 9.17) is 5.26 Å². The minimum atomic E-state index is 0.348. The van der Waals surface area contributed by atoms with Crippen LogP contribution in [0.3, 0.4) is 0 Å². The molecule has 1 aliphatic heterocycles. The van der Waals surface area contributed by atoms with Crippen molar-refractivity contribution in [2.75, 3.05) is 20.1 Å². The number of hydrogen-bond donors (Lipinski definition) is 1. The summed E-state index contributed by atoms with van der Waals surface area (Å²) in [6, 6.07) is 11.0. The molecule has 0 spiro atoms. The maximum atomic E-state index is 8.81. The van der Waals surface area contributed by atoms with Crippen LogP contribution in [0.2, 0.25) is 0 Å². The quantitative estimate of drug-likeness (QED) is 0.905. The maximum absolute atomic E-state index is 8.81. The zero-order valence-corrected chi connectivity index (χ0v) is 11.9. The summed E-state index contributed by atoms with van der Waals surface area (Å²) in [5.74, 6) is 0. The van der Waals surface area contributed by atoms with Gasteiger partial charge in [0.1, 0.15) is 0 Å². The first-order chi connectivity index (χ1) is 9.19. The highest BCUT2D eigenvalue weighted by Gasteiger charge is 2.17. The minimum Gasteiger partial charge on any atom is -0.307 e. The van der Waals surface area contributed by atoms with Gasteiger partial charge in [0.2, 0.25) is 0 Å². The molecule has 19 heavy (non-hydrogen) atoms. The van der Waals surface area contributed by atoms with Crippen molar-refractivity contribution in [3.05, 3.63) is 35.4 Å². The average Bonchev–Trinajstić information content (AvgIpc) is 2.64. The molecule has 0 aliphatic carbocycles. The van der Waals surface area contributed by atoms with Crippen LogP contribution < -0.4 is 5.32 Å². The molecule has 3 heteroatoms. The summed E-state index contributed by atoms with van der Waals surface area (Å²) in [5.41, 5.74) is 1.99. The second-order valence-electron chi connectivity index (χ2n) is 5.55. The normalized spacial score (nSPS) is 22.5. The lowest BCUT2D eigenvalue weighted by Gasteiger charge is -2.22. The Bertz CT molecular complexity index is 432. The maximum Gasteiger partial charge on any atom is 0.0991 e. The van der Waals surface area contributed by atoms with Crippen molar-refractivity contribution in [3.8, 4) is 6.07 Å². The number of nitrogens with zero attached hydrogens (tertiary/aromatic N) is 2. The topological polar surface area (TPSA) is 39.1 Å². The molecule has 1 fully saturated rings. The molecule has 1 N–H and O–H groups in total. The summed E-state index contributed by atoms with van der Waals surface area (Å²) in [6.45, 7) is 4.59. The smallest absolute Gasteiger partial charge is 0.0991 e. The van der Waals surface area contributed by atoms with Crippen LogP contribution >= 0.6 is 0 Å². The Labute approximate surface area is 116 Å². The van der Waals surface area contributed by atoms with Crippen molar-refractivity contribution in [2.24, 2.45) is 0 Å². The van der Waals surface area contributed by atoms with E-state index in [2.05, 4.69) is 42.4 Å². The number of benzene rings is 1. The van der Waals surface area contributed by atoms with Crippen LogP contribution in [0.1, 0.15) is 43.4 Å². The van der Waals surface area contributed by atoms with Gasteiger partial charge >= 0.3 is 0 Å². The third-order valence-corrected chi connectivity index (χ3v) is 3.98. The van der Waals surface area contributed by atoms with Crippen molar-refractivity contribution in [2.45, 2.75) is 38.3 Å². The molecule has 1 aromatic rings. The van der Waals surface area contributed by atoms with Gasteiger partial charge in [0.15, 0.2) is 0 Å². The molecule has 1 heterocycles. The van der Waals surface area contributed by atoms with Gasteiger partial charge in [-0.25, -0.2) is 0 Å². The van der Waals surface area contributed by atoms with Crippen LogP contribution in [0.4, 0.5) is 0 Å². The summed E-state index contributed by atoms with van der Waals surface area (Å²) in [7, 11) is 2.20. The molecular weight excluding hydrogens is 234 g/mol. The number of hydrogen-bond acceptors (Lipinski definition) is 3. The Morgan fingerprint density at radius 2 is 2.00 bits per heavy atom. The second-order valence-corrected chi connectivity index (χ2v) is 5.55. The predicted molar refractivity (Wildman–Crippen MR) is 77.8 cm³/mol. The Morgan fingerprint density at radius 1 is 1.26 bits per heavy atom. The lowest BCUT2D eigenvalue weighted by atomic mass is 10.0. The van der Waals surface area contributed by atoms with Crippen LogP contribution in [-0.4, -0.2) is 31.1 Å².